The first-order valence-corrected chi connectivity index (χ1v) is 9.08. The van der Waals surface area contributed by atoms with Gasteiger partial charge in [0.25, 0.3) is 5.91 Å². The van der Waals surface area contributed by atoms with Gasteiger partial charge in [-0.25, -0.2) is 9.78 Å². The fraction of sp³-hybridized carbons (Fsp3) is 0. The highest BCUT2D eigenvalue weighted by atomic mass is 35.5. The molecule has 1 heterocycles. The number of amides is 1. The van der Waals surface area contributed by atoms with Gasteiger partial charge in [0.2, 0.25) is 0 Å². The van der Waals surface area contributed by atoms with Crippen molar-refractivity contribution in [1.82, 2.24) is 9.97 Å². The summed E-state index contributed by atoms with van der Waals surface area (Å²) in [5, 5.41) is 3.11. The van der Waals surface area contributed by atoms with Crippen LogP contribution in [0.4, 0.5) is 5.69 Å². The molecule has 142 valence electrons. The molecule has 4 rings (SSSR count). The topological polar surface area (TPSA) is 81.2 Å². The molecule has 1 N–H and O–H groups in total. The van der Waals surface area contributed by atoms with Crippen molar-refractivity contribution in [2.24, 2.45) is 0 Å². The first-order chi connectivity index (χ1) is 14.1. The van der Waals surface area contributed by atoms with Crippen LogP contribution in [0.15, 0.2) is 79.0 Å². The maximum atomic E-state index is 12.3. The molecule has 0 spiro atoms. The zero-order chi connectivity index (χ0) is 20.2. The number of anilines is 1. The van der Waals surface area contributed by atoms with Crippen LogP contribution < -0.4 is 10.1 Å². The van der Waals surface area contributed by atoms with Crippen molar-refractivity contribution in [2.75, 3.05) is 5.32 Å². The molecule has 29 heavy (non-hydrogen) atoms. The molecular formula is C22H14ClN3O3. The predicted molar refractivity (Wildman–Crippen MR) is 110 cm³/mol. The van der Waals surface area contributed by atoms with E-state index in [9.17, 15) is 9.59 Å². The molecule has 6 nitrogen and oxygen atoms in total. The summed E-state index contributed by atoms with van der Waals surface area (Å²) >= 11 is 6.03. The van der Waals surface area contributed by atoms with Gasteiger partial charge in [0.05, 0.1) is 27.8 Å². The third-order valence-electron chi connectivity index (χ3n) is 4.10. The van der Waals surface area contributed by atoms with Crippen molar-refractivity contribution in [3.8, 4) is 5.75 Å². The van der Waals surface area contributed by atoms with E-state index in [1.807, 2.05) is 18.2 Å². The second-order valence-electron chi connectivity index (χ2n) is 6.09. The Hall–Kier alpha value is -3.77. The van der Waals surface area contributed by atoms with Crippen molar-refractivity contribution >= 4 is 40.2 Å². The predicted octanol–water partition coefficient (Wildman–Crippen LogP) is 4.75. The van der Waals surface area contributed by atoms with Crippen molar-refractivity contribution in [2.45, 2.75) is 0 Å². The summed E-state index contributed by atoms with van der Waals surface area (Å²) in [6, 6.07) is 20.4. The van der Waals surface area contributed by atoms with Crippen LogP contribution in [0.1, 0.15) is 20.8 Å². The molecule has 0 fully saturated rings. The van der Waals surface area contributed by atoms with Crippen LogP contribution in [0.3, 0.4) is 0 Å². The lowest BCUT2D eigenvalue weighted by molar-refractivity contribution is 0.0728. The summed E-state index contributed by atoms with van der Waals surface area (Å²) in [6.07, 6.45) is 1.38. The summed E-state index contributed by atoms with van der Waals surface area (Å²) in [7, 11) is 0. The van der Waals surface area contributed by atoms with Crippen molar-refractivity contribution in [3.05, 3.63) is 95.3 Å². The molecule has 1 amide bonds. The number of hydrogen-bond acceptors (Lipinski definition) is 5. The van der Waals surface area contributed by atoms with Crippen LogP contribution >= 0.6 is 11.6 Å². The molecular weight excluding hydrogens is 390 g/mol. The Morgan fingerprint density at radius 1 is 0.862 bits per heavy atom. The molecule has 0 saturated heterocycles. The first-order valence-electron chi connectivity index (χ1n) is 8.70. The monoisotopic (exact) mass is 403 g/mol. The van der Waals surface area contributed by atoms with Crippen LogP contribution in [-0.4, -0.2) is 21.8 Å². The van der Waals surface area contributed by atoms with E-state index in [-0.39, 0.29) is 11.6 Å². The Bertz CT molecular complexity index is 1210. The van der Waals surface area contributed by atoms with Gasteiger partial charge in [-0.1, -0.05) is 35.9 Å². The van der Waals surface area contributed by atoms with Gasteiger partial charge in [0, 0.05) is 5.69 Å². The van der Waals surface area contributed by atoms with Crippen LogP contribution in [0, 0.1) is 0 Å². The SMILES string of the molecule is O=C(Oc1ccc(NC(=O)c2ccccc2Cl)cc1)c1cnc2ccccc2n1. The van der Waals surface area contributed by atoms with Gasteiger partial charge >= 0.3 is 5.97 Å². The van der Waals surface area contributed by atoms with Gasteiger partial charge in [-0.05, 0) is 48.5 Å². The third-order valence-corrected chi connectivity index (χ3v) is 4.43. The standard InChI is InChI=1S/C22H14ClN3O3/c23-17-6-2-1-5-16(17)21(27)25-14-9-11-15(12-10-14)29-22(28)20-13-24-18-7-3-4-8-19(18)26-20/h1-13H,(H,25,27). The van der Waals surface area contributed by atoms with E-state index >= 15 is 0 Å². The molecule has 0 aliphatic carbocycles. The number of aromatic nitrogens is 2. The highest BCUT2D eigenvalue weighted by Gasteiger charge is 2.13. The number of ether oxygens (including phenoxy) is 1. The minimum absolute atomic E-state index is 0.111. The van der Waals surface area contributed by atoms with Crippen molar-refractivity contribution in [3.63, 3.8) is 0 Å². The fourth-order valence-corrected chi connectivity index (χ4v) is 2.89. The van der Waals surface area contributed by atoms with E-state index in [2.05, 4.69) is 15.3 Å². The Morgan fingerprint density at radius 2 is 1.55 bits per heavy atom. The fourth-order valence-electron chi connectivity index (χ4n) is 2.66. The second kappa shape index (κ2) is 8.08. The quantitative estimate of drug-likeness (QED) is 0.392. The summed E-state index contributed by atoms with van der Waals surface area (Å²) in [5.41, 5.74) is 2.34. The average molecular weight is 404 g/mol. The lowest BCUT2D eigenvalue weighted by atomic mass is 10.2. The molecule has 0 aliphatic heterocycles. The van der Waals surface area contributed by atoms with E-state index in [0.29, 0.717) is 33.1 Å². The molecule has 4 aromatic rings. The van der Waals surface area contributed by atoms with Crippen LogP contribution in [0.2, 0.25) is 5.02 Å². The Labute approximate surface area is 171 Å². The van der Waals surface area contributed by atoms with Crippen molar-refractivity contribution < 1.29 is 14.3 Å². The summed E-state index contributed by atoms with van der Waals surface area (Å²) in [6.45, 7) is 0. The molecule has 7 heteroatoms. The number of nitrogens with zero attached hydrogens (tertiary/aromatic N) is 2. The van der Waals surface area contributed by atoms with E-state index in [4.69, 9.17) is 16.3 Å². The average Bonchev–Trinajstić information content (AvgIpc) is 2.75. The number of rotatable bonds is 4. The third kappa shape index (κ3) is 4.23. The van der Waals surface area contributed by atoms with Crippen LogP contribution in [-0.2, 0) is 0 Å². The largest absolute Gasteiger partial charge is 0.422 e. The summed E-state index contributed by atoms with van der Waals surface area (Å²) in [4.78, 5) is 33.1. The number of nitrogens with one attached hydrogen (secondary N) is 1. The van der Waals surface area contributed by atoms with E-state index in [0.717, 1.165) is 0 Å². The number of halogens is 1. The summed E-state index contributed by atoms with van der Waals surface area (Å²) in [5.74, 6) is -0.622. The lowest BCUT2D eigenvalue weighted by Gasteiger charge is -2.08. The summed E-state index contributed by atoms with van der Waals surface area (Å²) < 4.78 is 5.34. The van der Waals surface area contributed by atoms with Gasteiger partial charge < -0.3 is 10.1 Å². The second-order valence-corrected chi connectivity index (χ2v) is 6.50. The Morgan fingerprint density at radius 3 is 2.31 bits per heavy atom. The number of carbonyl (C=O) groups excluding carboxylic acids is 2. The number of fused-ring (bicyclic) bond motifs is 1. The van der Waals surface area contributed by atoms with Crippen molar-refractivity contribution in [1.29, 1.82) is 0 Å². The van der Waals surface area contributed by atoms with E-state index in [1.165, 1.54) is 6.20 Å². The molecule has 1 aromatic heterocycles. The van der Waals surface area contributed by atoms with Crippen LogP contribution in [0.25, 0.3) is 11.0 Å². The molecule has 0 unspecified atom stereocenters. The molecule has 3 aromatic carbocycles. The minimum atomic E-state index is -0.615. The first kappa shape index (κ1) is 18.6. The number of esters is 1. The Balaban J connectivity index is 1.44. The minimum Gasteiger partial charge on any atom is -0.422 e. The van der Waals surface area contributed by atoms with E-state index < -0.39 is 5.97 Å². The van der Waals surface area contributed by atoms with Gasteiger partial charge in [0.1, 0.15) is 5.75 Å². The molecule has 0 atom stereocenters. The lowest BCUT2D eigenvalue weighted by Crippen LogP contribution is -2.13. The maximum absolute atomic E-state index is 12.3. The molecule has 0 saturated carbocycles. The van der Waals surface area contributed by atoms with E-state index in [1.54, 1.807) is 54.6 Å². The highest BCUT2D eigenvalue weighted by Crippen LogP contribution is 2.20. The van der Waals surface area contributed by atoms with Gasteiger partial charge in [0.15, 0.2) is 5.69 Å². The Kier molecular flexibility index (Phi) is 5.18. The molecule has 0 bridgehead atoms. The van der Waals surface area contributed by atoms with Gasteiger partial charge in [-0.2, -0.15) is 0 Å². The molecule has 0 radical (unpaired) electrons. The van der Waals surface area contributed by atoms with Crippen LogP contribution in [0.5, 0.6) is 5.75 Å². The zero-order valence-electron chi connectivity index (χ0n) is 15.0. The van der Waals surface area contributed by atoms with Gasteiger partial charge in [-0.15, -0.1) is 0 Å². The maximum Gasteiger partial charge on any atom is 0.363 e. The smallest absolute Gasteiger partial charge is 0.363 e. The number of benzene rings is 3. The number of hydrogen-bond donors (Lipinski definition) is 1. The zero-order valence-corrected chi connectivity index (χ0v) is 15.8. The highest BCUT2D eigenvalue weighted by molar-refractivity contribution is 6.34. The number of carbonyl (C=O) groups is 2. The molecule has 0 aliphatic rings. The number of para-hydroxylation sites is 2. The van der Waals surface area contributed by atoms with Gasteiger partial charge in [-0.3, -0.25) is 9.78 Å². The normalized spacial score (nSPS) is 10.5.